The smallest absolute Gasteiger partial charge is 0.217 e. The molecule has 5 heteroatoms. The molecule has 1 amide bonds. The van der Waals surface area contributed by atoms with Crippen LogP contribution in [0.5, 0.6) is 0 Å². The summed E-state index contributed by atoms with van der Waals surface area (Å²) >= 11 is 0. The average Bonchev–Trinajstić information content (AvgIpc) is 2.31. The fraction of sp³-hybridized carbons (Fsp3) is 0.923. The minimum absolute atomic E-state index is 0.0648. The lowest BCUT2D eigenvalue weighted by atomic mass is 10.1. The summed E-state index contributed by atoms with van der Waals surface area (Å²) in [5.41, 5.74) is 0. The second-order valence-electron chi connectivity index (χ2n) is 4.62. The molecule has 1 saturated heterocycles. The minimum Gasteiger partial charge on any atom is -0.354 e. The lowest BCUT2D eigenvalue weighted by Gasteiger charge is -2.34. The van der Waals surface area contributed by atoms with Gasteiger partial charge in [0.1, 0.15) is 0 Å². The molecule has 0 aromatic rings. The zero-order valence-electron chi connectivity index (χ0n) is 11.8. The second kappa shape index (κ2) is 8.45. The Morgan fingerprint density at radius 3 is 2.28 bits per heavy atom. The van der Waals surface area contributed by atoms with Gasteiger partial charge in [-0.3, -0.25) is 9.69 Å². The molecule has 0 radical (unpaired) electrons. The maximum absolute atomic E-state index is 11.0. The molecule has 1 aliphatic heterocycles. The molecule has 1 rings (SSSR count). The predicted molar refractivity (Wildman–Crippen MR) is 70.3 cm³/mol. The highest BCUT2D eigenvalue weighted by Crippen LogP contribution is 2.11. The summed E-state index contributed by atoms with van der Waals surface area (Å²) in [4.78, 5) is 13.3. The number of piperidine rings is 1. The van der Waals surface area contributed by atoms with Gasteiger partial charge in [-0.2, -0.15) is 0 Å². The Labute approximate surface area is 110 Å². The molecule has 0 saturated carbocycles. The van der Waals surface area contributed by atoms with Crippen LogP contribution in [0.25, 0.3) is 0 Å². The molecule has 0 aromatic heterocycles. The van der Waals surface area contributed by atoms with Crippen LogP contribution >= 0.6 is 0 Å². The molecule has 0 atom stereocenters. The van der Waals surface area contributed by atoms with Gasteiger partial charge < -0.3 is 14.8 Å². The van der Waals surface area contributed by atoms with Gasteiger partial charge in [0.15, 0.2) is 6.29 Å². The fourth-order valence-electron chi connectivity index (χ4n) is 2.28. The van der Waals surface area contributed by atoms with Crippen molar-refractivity contribution in [2.45, 2.75) is 45.9 Å². The quantitative estimate of drug-likeness (QED) is 0.692. The first kappa shape index (κ1) is 15.4. The molecule has 106 valence electrons. The van der Waals surface area contributed by atoms with E-state index in [9.17, 15) is 4.79 Å². The van der Waals surface area contributed by atoms with Crippen molar-refractivity contribution in [3.05, 3.63) is 0 Å². The number of ether oxygens (including phenoxy) is 2. The average molecular weight is 258 g/mol. The van der Waals surface area contributed by atoms with Crippen LogP contribution in [0.2, 0.25) is 0 Å². The lowest BCUT2D eigenvalue weighted by molar-refractivity contribution is -0.148. The Morgan fingerprint density at radius 2 is 1.83 bits per heavy atom. The molecular weight excluding hydrogens is 232 g/mol. The number of nitrogens with zero attached hydrogens (tertiary/aromatic N) is 1. The number of likely N-dealkylation sites (tertiary alicyclic amines) is 1. The van der Waals surface area contributed by atoms with Gasteiger partial charge in [-0.1, -0.05) is 0 Å². The van der Waals surface area contributed by atoms with E-state index in [0.29, 0.717) is 19.3 Å². The monoisotopic (exact) mass is 258 g/mol. The van der Waals surface area contributed by atoms with E-state index in [0.717, 1.165) is 32.5 Å². The van der Waals surface area contributed by atoms with Crippen molar-refractivity contribution in [1.82, 2.24) is 10.2 Å². The van der Waals surface area contributed by atoms with E-state index in [2.05, 4.69) is 10.2 Å². The SMILES string of the molecule is CCOC(CN1CCC(NC(C)=O)CC1)OCC. The summed E-state index contributed by atoms with van der Waals surface area (Å²) in [7, 11) is 0. The van der Waals surface area contributed by atoms with Crippen LogP contribution < -0.4 is 5.32 Å². The first-order valence-electron chi connectivity index (χ1n) is 6.88. The number of rotatable bonds is 7. The van der Waals surface area contributed by atoms with Crippen molar-refractivity contribution in [3.63, 3.8) is 0 Å². The van der Waals surface area contributed by atoms with Crippen LogP contribution in [0.3, 0.4) is 0 Å². The maximum atomic E-state index is 11.0. The van der Waals surface area contributed by atoms with Gasteiger partial charge in [-0.25, -0.2) is 0 Å². The Bertz CT molecular complexity index is 234. The van der Waals surface area contributed by atoms with Crippen molar-refractivity contribution < 1.29 is 14.3 Å². The van der Waals surface area contributed by atoms with Gasteiger partial charge in [0, 0.05) is 45.8 Å². The van der Waals surface area contributed by atoms with E-state index in [1.54, 1.807) is 6.92 Å². The van der Waals surface area contributed by atoms with E-state index in [1.165, 1.54) is 0 Å². The van der Waals surface area contributed by atoms with Crippen molar-refractivity contribution in [2.75, 3.05) is 32.8 Å². The highest BCUT2D eigenvalue weighted by Gasteiger charge is 2.22. The van der Waals surface area contributed by atoms with E-state index < -0.39 is 0 Å². The van der Waals surface area contributed by atoms with E-state index >= 15 is 0 Å². The van der Waals surface area contributed by atoms with Crippen molar-refractivity contribution >= 4 is 5.91 Å². The van der Waals surface area contributed by atoms with Gasteiger partial charge in [0.25, 0.3) is 0 Å². The van der Waals surface area contributed by atoms with E-state index in [-0.39, 0.29) is 12.2 Å². The highest BCUT2D eigenvalue weighted by atomic mass is 16.7. The van der Waals surface area contributed by atoms with E-state index in [1.807, 2.05) is 13.8 Å². The van der Waals surface area contributed by atoms with Gasteiger partial charge in [0.05, 0.1) is 0 Å². The van der Waals surface area contributed by atoms with Crippen LogP contribution in [-0.4, -0.2) is 56.0 Å². The molecule has 1 heterocycles. The zero-order valence-corrected chi connectivity index (χ0v) is 11.8. The number of amides is 1. The van der Waals surface area contributed by atoms with Crippen LogP contribution in [0, 0.1) is 0 Å². The number of carbonyl (C=O) groups excluding carboxylic acids is 1. The maximum Gasteiger partial charge on any atom is 0.217 e. The first-order valence-corrected chi connectivity index (χ1v) is 6.88. The van der Waals surface area contributed by atoms with Crippen LogP contribution in [0.1, 0.15) is 33.6 Å². The molecule has 0 unspecified atom stereocenters. The van der Waals surface area contributed by atoms with Gasteiger partial charge in [-0.15, -0.1) is 0 Å². The van der Waals surface area contributed by atoms with Gasteiger partial charge in [0.2, 0.25) is 5.91 Å². The van der Waals surface area contributed by atoms with Gasteiger partial charge >= 0.3 is 0 Å². The minimum atomic E-state index is -0.127. The summed E-state index contributed by atoms with van der Waals surface area (Å²) in [5.74, 6) is 0.0648. The zero-order chi connectivity index (χ0) is 13.4. The summed E-state index contributed by atoms with van der Waals surface area (Å²) in [6.07, 6.45) is 1.88. The summed E-state index contributed by atoms with van der Waals surface area (Å²) < 4.78 is 11.1. The standard InChI is InChI=1S/C13H26N2O3/c1-4-17-13(18-5-2)10-15-8-6-12(7-9-15)14-11(3)16/h12-13H,4-10H2,1-3H3,(H,14,16). The molecule has 5 nitrogen and oxygen atoms in total. The molecule has 0 spiro atoms. The van der Waals surface area contributed by atoms with Crippen molar-refractivity contribution in [2.24, 2.45) is 0 Å². The number of hydrogen-bond acceptors (Lipinski definition) is 4. The van der Waals surface area contributed by atoms with Crippen LogP contribution in [0.4, 0.5) is 0 Å². The molecule has 18 heavy (non-hydrogen) atoms. The Morgan fingerprint density at radius 1 is 1.28 bits per heavy atom. The molecule has 1 aliphatic rings. The second-order valence-corrected chi connectivity index (χ2v) is 4.62. The predicted octanol–water partition coefficient (Wildman–Crippen LogP) is 0.986. The Balaban J connectivity index is 2.26. The number of hydrogen-bond donors (Lipinski definition) is 1. The summed E-state index contributed by atoms with van der Waals surface area (Å²) in [6.45, 7) is 9.67. The molecule has 0 bridgehead atoms. The largest absolute Gasteiger partial charge is 0.354 e. The summed E-state index contributed by atoms with van der Waals surface area (Å²) in [6, 6.07) is 0.330. The van der Waals surface area contributed by atoms with Crippen LogP contribution in [0.15, 0.2) is 0 Å². The van der Waals surface area contributed by atoms with Gasteiger partial charge in [-0.05, 0) is 26.7 Å². The molecule has 1 N–H and O–H groups in total. The highest BCUT2D eigenvalue weighted by molar-refractivity contribution is 5.73. The number of carbonyl (C=O) groups is 1. The summed E-state index contributed by atoms with van der Waals surface area (Å²) in [5, 5.41) is 2.98. The molecule has 0 aliphatic carbocycles. The lowest BCUT2D eigenvalue weighted by Crippen LogP contribution is -2.46. The first-order chi connectivity index (χ1) is 8.65. The molecule has 0 aromatic carbocycles. The third-order valence-electron chi connectivity index (χ3n) is 3.11. The van der Waals surface area contributed by atoms with Crippen molar-refractivity contribution in [1.29, 1.82) is 0 Å². The van der Waals surface area contributed by atoms with Crippen LogP contribution in [-0.2, 0) is 14.3 Å². The fourth-order valence-corrected chi connectivity index (χ4v) is 2.28. The third-order valence-corrected chi connectivity index (χ3v) is 3.11. The topological polar surface area (TPSA) is 50.8 Å². The van der Waals surface area contributed by atoms with E-state index in [4.69, 9.17) is 9.47 Å². The Hall–Kier alpha value is -0.650. The normalized spacial score (nSPS) is 18.2. The van der Waals surface area contributed by atoms with Crippen molar-refractivity contribution in [3.8, 4) is 0 Å². The number of nitrogens with one attached hydrogen (secondary N) is 1. The third kappa shape index (κ3) is 5.80. The Kier molecular flexibility index (Phi) is 7.23. The molecular formula is C13H26N2O3. The molecule has 1 fully saturated rings.